The predicted octanol–water partition coefficient (Wildman–Crippen LogP) is 3.30. The van der Waals surface area contributed by atoms with Gasteiger partial charge in [0.15, 0.2) is 0 Å². The van der Waals surface area contributed by atoms with Gasteiger partial charge in [-0.15, -0.1) is 11.6 Å². The molecule has 1 N–H and O–H groups in total. The van der Waals surface area contributed by atoms with Crippen molar-refractivity contribution in [1.82, 2.24) is 9.97 Å². The van der Waals surface area contributed by atoms with Gasteiger partial charge < -0.3 is 5.32 Å². The Morgan fingerprint density at radius 2 is 2.00 bits per heavy atom. The minimum Gasteiger partial charge on any atom is -0.366 e. The summed E-state index contributed by atoms with van der Waals surface area (Å²) < 4.78 is 0. The van der Waals surface area contributed by atoms with Gasteiger partial charge in [0.25, 0.3) is 0 Å². The summed E-state index contributed by atoms with van der Waals surface area (Å²) in [6.07, 6.45) is 3.38. The van der Waals surface area contributed by atoms with E-state index in [0.29, 0.717) is 5.88 Å². The lowest BCUT2D eigenvalue weighted by atomic mass is 10.1. The molecule has 0 saturated heterocycles. The van der Waals surface area contributed by atoms with Crippen molar-refractivity contribution in [3.8, 4) is 0 Å². The fraction of sp³-hybridized carbons (Fsp3) is 0.333. The lowest BCUT2D eigenvalue weighted by molar-refractivity contribution is 0.788. The molecular weight excluding hydrogens is 258 g/mol. The van der Waals surface area contributed by atoms with E-state index in [1.54, 1.807) is 6.33 Å². The van der Waals surface area contributed by atoms with Gasteiger partial charge in [0.1, 0.15) is 12.1 Å². The Bertz CT molecular complexity index is 502. The first kappa shape index (κ1) is 13.8. The maximum absolute atomic E-state index is 6.04. The normalized spacial score (nSPS) is 12.1. The number of aromatic nitrogens is 2. The number of hydrogen-bond acceptors (Lipinski definition) is 3. The first-order valence-electron chi connectivity index (χ1n) is 6.49. The molecule has 0 radical (unpaired) electrons. The topological polar surface area (TPSA) is 37.8 Å². The zero-order valence-corrected chi connectivity index (χ0v) is 11.8. The Kier molecular flexibility index (Phi) is 5.16. The number of halogens is 1. The number of nitrogens with one attached hydrogen (secondary N) is 1. The van der Waals surface area contributed by atoms with Crippen molar-refractivity contribution < 1.29 is 0 Å². The van der Waals surface area contributed by atoms with E-state index < -0.39 is 0 Å². The van der Waals surface area contributed by atoms with Gasteiger partial charge in [0, 0.05) is 23.7 Å². The Labute approximate surface area is 119 Å². The van der Waals surface area contributed by atoms with Crippen LogP contribution in [0.4, 0.5) is 5.82 Å². The van der Waals surface area contributed by atoms with E-state index in [1.165, 1.54) is 5.56 Å². The van der Waals surface area contributed by atoms with Gasteiger partial charge in [-0.3, -0.25) is 0 Å². The maximum Gasteiger partial charge on any atom is 0.129 e. The van der Waals surface area contributed by atoms with E-state index >= 15 is 0 Å². The molecule has 3 nitrogen and oxygen atoms in total. The SMILES string of the molecule is CCc1cc(NC(CCl)Cc2ccccc2)ncn1. The third-order valence-electron chi connectivity index (χ3n) is 2.95. The second-order valence-electron chi connectivity index (χ2n) is 4.43. The van der Waals surface area contributed by atoms with E-state index in [4.69, 9.17) is 11.6 Å². The smallest absolute Gasteiger partial charge is 0.129 e. The van der Waals surface area contributed by atoms with Crippen LogP contribution in [0, 0.1) is 0 Å². The molecule has 0 spiro atoms. The summed E-state index contributed by atoms with van der Waals surface area (Å²) >= 11 is 6.04. The molecule has 4 heteroatoms. The third kappa shape index (κ3) is 4.21. The molecule has 1 heterocycles. The molecule has 1 aromatic carbocycles. The van der Waals surface area contributed by atoms with Crippen LogP contribution in [0.5, 0.6) is 0 Å². The van der Waals surface area contributed by atoms with Gasteiger partial charge in [0.2, 0.25) is 0 Å². The molecule has 0 aliphatic heterocycles. The van der Waals surface area contributed by atoms with Gasteiger partial charge in [-0.25, -0.2) is 9.97 Å². The lowest BCUT2D eigenvalue weighted by Crippen LogP contribution is -2.24. The summed E-state index contributed by atoms with van der Waals surface area (Å²) in [5.41, 5.74) is 2.30. The van der Waals surface area contributed by atoms with Gasteiger partial charge >= 0.3 is 0 Å². The average molecular weight is 276 g/mol. The summed E-state index contributed by atoms with van der Waals surface area (Å²) in [7, 11) is 0. The minimum absolute atomic E-state index is 0.170. The maximum atomic E-state index is 6.04. The second-order valence-corrected chi connectivity index (χ2v) is 4.74. The highest BCUT2D eigenvalue weighted by molar-refractivity contribution is 6.18. The average Bonchev–Trinajstić information content (AvgIpc) is 2.48. The van der Waals surface area contributed by atoms with Crippen molar-refractivity contribution in [3.63, 3.8) is 0 Å². The highest BCUT2D eigenvalue weighted by atomic mass is 35.5. The molecular formula is C15H18ClN3. The number of aryl methyl sites for hydroxylation is 1. The summed E-state index contributed by atoms with van der Waals surface area (Å²) in [6, 6.07) is 12.5. The first-order chi connectivity index (χ1) is 9.31. The molecule has 0 bridgehead atoms. The Morgan fingerprint density at radius 3 is 2.68 bits per heavy atom. The molecule has 0 aliphatic rings. The summed E-state index contributed by atoms with van der Waals surface area (Å²) in [5, 5.41) is 3.37. The molecule has 0 fully saturated rings. The molecule has 19 heavy (non-hydrogen) atoms. The van der Waals surface area contributed by atoms with E-state index in [2.05, 4.69) is 34.3 Å². The molecule has 0 amide bonds. The number of anilines is 1. The van der Waals surface area contributed by atoms with Crippen LogP contribution in [0.2, 0.25) is 0 Å². The summed E-state index contributed by atoms with van der Waals surface area (Å²) in [4.78, 5) is 8.43. The quantitative estimate of drug-likeness (QED) is 0.822. The fourth-order valence-corrected chi connectivity index (χ4v) is 2.11. The van der Waals surface area contributed by atoms with Gasteiger partial charge in [-0.1, -0.05) is 37.3 Å². The van der Waals surface area contributed by atoms with Crippen LogP contribution in [-0.4, -0.2) is 21.9 Å². The first-order valence-corrected chi connectivity index (χ1v) is 7.02. The van der Waals surface area contributed by atoms with Crippen molar-refractivity contribution in [2.75, 3.05) is 11.2 Å². The van der Waals surface area contributed by atoms with Crippen molar-refractivity contribution in [1.29, 1.82) is 0 Å². The molecule has 0 aliphatic carbocycles. The van der Waals surface area contributed by atoms with Gasteiger partial charge in [-0.2, -0.15) is 0 Å². The number of alkyl halides is 1. The van der Waals surface area contributed by atoms with Crippen LogP contribution >= 0.6 is 11.6 Å². The van der Waals surface area contributed by atoms with Crippen LogP contribution in [0.15, 0.2) is 42.7 Å². The predicted molar refractivity (Wildman–Crippen MR) is 79.7 cm³/mol. The second kappa shape index (κ2) is 7.10. The van der Waals surface area contributed by atoms with Crippen molar-refractivity contribution in [2.24, 2.45) is 0 Å². The lowest BCUT2D eigenvalue weighted by Gasteiger charge is -2.17. The third-order valence-corrected chi connectivity index (χ3v) is 3.32. The minimum atomic E-state index is 0.170. The zero-order chi connectivity index (χ0) is 13.5. The van der Waals surface area contributed by atoms with Crippen molar-refractivity contribution >= 4 is 17.4 Å². The molecule has 2 rings (SSSR count). The van der Waals surface area contributed by atoms with Crippen LogP contribution in [0.25, 0.3) is 0 Å². The molecule has 1 aromatic heterocycles. The van der Waals surface area contributed by atoms with E-state index in [-0.39, 0.29) is 6.04 Å². The largest absolute Gasteiger partial charge is 0.366 e. The molecule has 1 unspecified atom stereocenters. The number of hydrogen-bond donors (Lipinski definition) is 1. The van der Waals surface area contributed by atoms with Gasteiger partial charge in [0.05, 0.1) is 0 Å². The van der Waals surface area contributed by atoms with Crippen LogP contribution in [-0.2, 0) is 12.8 Å². The molecule has 1 atom stereocenters. The zero-order valence-electron chi connectivity index (χ0n) is 11.0. The standard InChI is InChI=1S/C15H18ClN3/c1-2-13-9-15(18-11-17-13)19-14(10-16)8-12-6-4-3-5-7-12/h3-7,9,11,14H,2,8,10H2,1H3,(H,17,18,19). The van der Waals surface area contributed by atoms with Crippen LogP contribution in [0.1, 0.15) is 18.2 Å². The summed E-state index contributed by atoms with van der Waals surface area (Å²) in [6.45, 7) is 2.08. The van der Waals surface area contributed by atoms with Gasteiger partial charge in [-0.05, 0) is 18.4 Å². The Hall–Kier alpha value is -1.61. The number of benzene rings is 1. The van der Waals surface area contributed by atoms with Crippen LogP contribution < -0.4 is 5.32 Å². The highest BCUT2D eigenvalue weighted by Gasteiger charge is 2.09. The van der Waals surface area contributed by atoms with Crippen molar-refractivity contribution in [3.05, 3.63) is 54.0 Å². The summed E-state index contributed by atoms with van der Waals surface area (Å²) in [5.74, 6) is 1.38. The van der Waals surface area contributed by atoms with E-state index in [1.807, 2.05) is 24.3 Å². The van der Waals surface area contributed by atoms with Crippen LogP contribution in [0.3, 0.4) is 0 Å². The molecule has 0 saturated carbocycles. The Balaban J connectivity index is 2.02. The fourth-order valence-electron chi connectivity index (χ4n) is 1.92. The monoisotopic (exact) mass is 275 g/mol. The highest BCUT2D eigenvalue weighted by Crippen LogP contribution is 2.11. The van der Waals surface area contributed by atoms with Crippen molar-refractivity contribution in [2.45, 2.75) is 25.8 Å². The number of rotatable bonds is 6. The molecule has 2 aromatic rings. The Morgan fingerprint density at radius 1 is 1.21 bits per heavy atom. The number of nitrogens with zero attached hydrogens (tertiary/aromatic N) is 2. The molecule has 100 valence electrons. The van der Waals surface area contributed by atoms with E-state index in [0.717, 1.165) is 24.4 Å². The van der Waals surface area contributed by atoms with E-state index in [9.17, 15) is 0 Å².